The van der Waals surface area contributed by atoms with Gasteiger partial charge in [-0.1, -0.05) is 0 Å². The molecule has 33 heavy (non-hydrogen) atoms. The van der Waals surface area contributed by atoms with E-state index in [9.17, 15) is 40.5 Å². The Morgan fingerprint density at radius 1 is 0.848 bits per heavy atom. The first-order chi connectivity index (χ1) is 15.7. The van der Waals surface area contributed by atoms with Crippen LogP contribution in [0.1, 0.15) is 19.3 Å². The van der Waals surface area contributed by atoms with Gasteiger partial charge in [0.15, 0.2) is 12.6 Å². The molecule has 0 unspecified atom stereocenters. The number of hydrogen-bond donors (Lipinski definition) is 9. The first-order valence-corrected chi connectivity index (χ1v) is 11.5. The van der Waals surface area contributed by atoms with E-state index in [2.05, 4.69) is 17.9 Å². The molecule has 2 heterocycles. The van der Waals surface area contributed by atoms with Crippen molar-refractivity contribution in [3.8, 4) is 0 Å². The zero-order valence-electron chi connectivity index (χ0n) is 18.0. The van der Waals surface area contributed by atoms with Gasteiger partial charge in [0.05, 0.1) is 19.8 Å². The maximum absolute atomic E-state index is 11.5. The van der Waals surface area contributed by atoms with E-state index in [-0.39, 0.29) is 12.5 Å². The topological polar surface area (TPSA) is 208 Å². The highest BCUT2D eigenvalue weighted by Gasteiger charge is 2.50. The molecule has 0 saturated carbocycles. The van der Waals surface area contributed by atoms with E-state index in [0.717, 1.165) is 0 Å². The molecular formula is C19H35NO12S. The van der Waals surface area contributed by atoms with Crippen molar-refractivity contribution in [3.63, 3.8) is 0 Å². The second kappa shape index (κ2) is 14.1. The monoisotopic (exact) mass is 501 g/mol. The van der Waals surface area contributed by atoms with Crippen LogP contribution in [0.25, 0.3) is 0 Å². The summed E-state index contributed by atoms with van der Waals surface area (Å²) < 4.78 is 21.6. The molecule has 0 aromatic heterocycles. The van der Waals surface area contributed by atoms with Gasteiger partial charge in [0.2, 0.25) is 5.91 Å². The highest BCUT2D eigenvalue weighted by molar-refractivity contribution is 7.80. The average Bonchev–Trinajstić information content (AvgIpc) is 2.81. The lowest BCUT2D eigenvalue weighted by molar-refractivity contribution is -0.359. The van der Waals surface area contributed by atoms with Crippen molar-refractivity contribution in [2.45, 2.75) is 80.7 Å². The van der Waals surface area contributed by atoms with Crippen molar-refractivity contribution in [2.75, 3.05) is 32.1 Å². The van der Waals surface area contributed by atoms with Crippen molar-refractivity contribution in [1.82, 2.24) is 5.32 Å². The number of thiol groups is 1. The SMILES string of the molecule is O=C(CCCS)NCCCO[C@@H]1O[C@H](CO)[C@@H](O[C@@H]2O[C@H](CO)[C@H](O)[C@H](O)[C@H]2O)[C@H](O)[C@H]1O. The summed E-state index contributed by atoms with van der Waals surface area (Å²) in [5.74, 6) is 0.505. The molecule has 2 rings (SSSR count). The summed E-state index contributed by atoms with van der Waals surface area (Å²) in [7, 11) is 0. The van der Waals surface area contributed by atoms with Crippen LogP contribution in [0.15, 0.2) is 0 Å². The molecule has 10 atom stereocenters. The third-order valence-electron chi connectivity index (χ3n) is 5.45. The second-order valence-corrected chi connectivity index (χ2v) is 8.35. The van der Waals surface area contributed by atoms with Crippen LogP contribution < -0.4 is 5.32 Å². The number of hydrogen-bond acceptors (Lipinski definition) is 13. The van der Waals surface area contributed by atoms with Gasteiger partial charge < -0.3 is 60.0 Å². The van der Waals surface area contributed by atoms with Gasteiger partial charge in [-0.05, 0) is 18.6 Å². The highest BCUT2D eigenvalue weighted by atomic mass is 32.1. The molecule has 0 bridgehead atoms. The number of ether oxygens (including phenoxy) is 4. The summed E-state index contributed by atoms with van der Waals surface area (Å²) in [5, 5.41) is 72.4. The maximum Gasteiger partial charge on any atom is 0.220 e. The van der Waals surface area contributed by atoms with Crippen LogP contribution in [0.2, 0.25) is 0 Å². The fraction of sp³-hybridized carbons (Fsp3) is 0.947. The summed E-state index contributed by atoms with van der Waals surface area (Å²) in [5.41, 5.74) is 0. The lowest BCUT2D eigenvalue weighted by Gasteiger charge is -2.45. The first kappa shape index (κ1) is 28.6. The summed E-state index contributed by atoms with van der Waals surface area (Å²) in [6, 6.07) is 0. The van der Waals surface area contributed by atoms with Crippen LogP contribution in [0.3, 0.4) is 0 Å². The average molecular weight is 502 g/mol. The molecule has 2 saturated heterocycles. The molecule has 194 valence electrons. The molecular weight excluding hydrogens is 466 g/mol. The Morgan fingerprint density at radius 3 is 2.12 bits per heavy atom. The number of amides is 1. The van der Waals surface area contributed by atoms with Crippen LogP contribution in [-0.2, 0) is 23.7 Å². The van der Waals surface area contributed by atoms with Crippen molar-refractivity contribution in [3.05, 3.63) is 0 Å². The number of carbonyl (C=O) groups excluding carboxylic acids is 1. The standard InChI is InChI=1S/C19H35NO12S/c21-7-9-12(24)13(25)15(27)19(30-9)32-17-10(8-22)31-18(16(28)14(17)26)29-5-2-4-20-11(23)3-1-6-33/h9-10,12-19,21-22,24-28,33H,1-8H2,(H,20,23)/t9-,10-,12+,13+,14-,15-,16-,17-,18-,19+/m1/s1. The Labute approximate surface area is 196 Å². The lowest BCUT2D eigenvalue weighted by atomic mass is 9.97. The van der Waals surface area contributed by atoms with Crippen LogP contribution in [0, 0.1) is 0 Å². The predicted octanol–water partition coefficient (Wildman–Crippen LogP) is -4.16. The van der Waals surface area contributed by atoms with E-state index >= 15 is 0 Å². The molecule has 0 aromatic carbocycles. The predicted molar refractivity (Wildman–Crippen MR) is 113 cm³/mol. The van der Waals surface area contributed by atoms with Crippen molar-refractivity contribution in [2.24, 2.45) is 0 Å². The van der Waals surface area contributed by atoms with Gasteiger partial charge >= 0.3 is 0 Å². The Bertz CT molecular complexity index is 585. The molecule has 2 aliphatic rings. The van der Waals surface area contributed by atoms with E-state index in [1.54, 1.807) is 0 Å². The van der Waals surface area contributed by atoms with Gasteiger partial charge in [-0.2, -0.15) is 12.6 Å². The third kappa shape index (κ3) is 7.68. The number of aliphatic hydroxyl groups excluding tert-OH is 7. The molecule has 13 nitrogen and oxygen atoms in total. The molecule has 0 aromatic rings. The normalized spacial score (nSPS) is 39.4. The van der Waals surface area contributed by atoms with E-state index in [1.165, 1.54) is 0 Å². The molecule has 2 aliphatic heterocycles. The zero-order chi connectivity index (χ0) is 24.5. The maximum atomic E-state index is 11.5. The third-order valence-corrected chi connectivity index (χ3v) is 5.76. The lowest BCUT2D eigenvalue weighted by Crippen LogP contribution is -2.64. The Kier molecular flexibility index (Phi) is 12.2. The van der Waals surface area contributed by atoms with Crippen LogP contribution in [0.4, 0.5) is 0 Å². The van der Waals surface area contributed by atoms with E-state index < -0.39 is 74.6 Å². The molecule has 14 heteroatoms. The molecule has 0 aliphatic carbocycles. The molecule has 2 fully saturated rings. The Hall–Kier alpha value is -0.620. The second-order valence-electron chi connectivity index (χ2n) is 7.91. The van der Waals surface area contributed by atoms with Crippen LogP contribution in [0.5, 0.6) is 0 Å². The number of nitrogens with one attached hydrogen (secondary N) is 1. The van der Waals surface area contributed by atoms with Gasteiger partial charge in [-0.15, -0.1) is 0 Å². The fourth-order valence-corrected chi connectivity index (χ4v) is 3.68. The van der Waals surface area contributed by atoms with Gasteiger partial charge in [0.25, 0.3) is 0 Å². The largest absolute Gasteiger partial charge is 0.394 e. The van der Waals surface area contributed by atoms with Crippen LogP contribution in [-0.4, -0.2) is 135 Å². The molecule has 8 N–H and O–H groups in total. The van der Waals surface area contributed by atoms with Gasteiger partial charge in [0.1, 0.15) is 48.8 Å². The minimum absolute atomic E-state index is 0.0810. The summed E-state index contributed by atoms with van der Waals surface area (Å²) >= 11 is 4.04. The van der Waals surface area contributed by atoms with Gasteiger partial charge in [0, 0.05) is 13.0 Å². The zero-order valence-corrected chi connectivity index (χ0v) is 18.9. The smallest absolute Gasteiger partial charge is 0.220 e. The van der Waals surface area contributed by atoms with Crippen LogP contribution >= 0.6 is 12.6 Å². The minimum Gasteiger partial charge on any atom is -0.394 e. The molecule has 1 amide bonds. The summed E-state index contributed by atoms with van der Waals surface area (Å²) in [6.45, 7) is -0.903. The van der Waals surface area contributed by atoms with Crippen molar-refractivity contribution in [1.29, 1.82) is 0 Å². The summed E-state index contributed by atoms with van der Waals surface area (Å²) in [6.07, 6.45) is -13.5. The minimum atomic E-state index is -1.73. The quantitative estimate of drug-likeness (QED) is 0.0922. The van der Waals surface area contributed by atoms with Crippen molar-refractivity contribution >= 4 is 18.5 Å². The number of carbonyl (C=O) groups is 1. The highest BCUT2D eigenvalue weighted by Crippen LogP contribution is 2.29. The fourth-order valence-electron chi connectivity index (χ4n) is 3.52. The number of aliphatic hydroxyl groups is 7. The van der Waals surface area contributed by atoms with Crippen molar-refractivity contribution < 1.29 is 59.5 Å². The van der Waals surface area contributed by atoms with E-state index in [4.69, 9.17) is 18.9 Å². The van der Waals surface area contributed by atoms with Gasteiger partial charge in [-0.3, -0.25) is 4.79 Å². The Balaban J connectivity index is 1.87. The first-order valence-electron chi connectivity index (χ1n) is 10.8. The molecule has 0 radical (unpaired) electrons. The van der Waals surface area contributed by atoms with Gasteiger partial charge in [-0.25, -0.2) is 0 Å². The molecule has 0 spiro atoms. The van der Waals surface area contributed by atoms with E-state index in [0.29, 0.717) is 31.6 Å². The number of rotatable bonds is 12. The summed E-state index contributed by atoms with van der Waals surface area (Å²) in [4.78, 5) is 11.5. The van der Waals surface area contributed by atoms with E-state index in [1.807, 2.05) is 0 Å². The Morgan fingerprint density at radius 2 is 1.48 bits per heavy atom.